The zero-order valence-corrected chi connectivity index (χ0v) is 13.6. The van der Waals surface area contributed by atoms with Crippen LogP contribution in [0, 0.1) is 5.82 Å². The van der Waals surface area contributed by atoms with Gasteiger partial charge in [0.05, 0.1) is 5.56 Å². The molecule has 1 unspecified atom stereocenters. The van der Waals surface area contributed by atoms with Crippen LogP contribution < -0.4 is 0 Å². The molecule has 2 aliphatic heterocycles. The predicted octanol–water partition coefficient (Wildman–Crippen LogP) is 3.29. The lowest BCUT2D eigenvalue weighted by Crippen LogP contribution is -2.49. The molecule has 1 aromatic rings. The molecule has 0 bridgehead atoms. The van der Waals surface area contributed by atoms with Gasteiger partial charge in [-0.1, -0.05) is 0 Å². The van der Waals surface area contributed by atoms with Crippen LogP contribution in [0.15, 0.2) is 22.7 Å². The van der Waals surface area contributed by atoms with Crippen molar-refractivity contribution in [2.75, 3.05) is 26.2 Å². The molecular formula is C16H20BrFN2O. The summed E-state index contributed by atoms with van der Waals surface area (Å²) in [5.74, 6) is -0.321. The van der Waals surface area contributed by atoms with Crippen LogP contribution in [-0.4, -0.2) is 47.9 Å². The molecule has 0 aromatic heterocycles. The summed E-state index contributed by atoms with van der Waals surface area (Å²) >= 11 is 3.30. The summed E-state index contributed by atoms with van der Waals surface area (Å²) in [6.07, 6.45) is 4.77. The minimum Gasteiger partial charge on any atom is -0.337 e. The number of nitrogens with zero attached hydrogens (tertiary/aromatic N) is 2. The number of likely N-dealkylation sites (tertiary alicyclic amines) is 2. The monoisotopic (exact) mass is 354 g/mol. The van der Waals surface area contributed by atoms with Crippen molar-refractivity contribution in [2.45, 2.75) is 31.7 Å². The van der Waals surface area contributed by atoms with Gasteiger partial charge in [0.25, 0.3) is 5.91 Å². The first-order valence-electron chi connectivity index (χ1n) is 7.63. The second-order valence-electron chi connectivity index (χ2n) is 5.91. The number of carbonyl (C=O) groups is 1. The number of rotatable bonds is 2. The Morgan fingerprint density at radius 1 is 1.19 bits per heavy atom. The van der Waals surface area contributed by atoms with Crippen molar-refractivity contribution in [3.05, 3.63) is 34.1 Å². The van der Waals surface area contributed by atoms with Crippen LogP contribution in [0.5, 0.6) is 0 Å². The van der Waals surface area contributed by atoms with E-state index in [1.165, 1.54) is 31.4 Å². The summed E-state index contributed by atoms with van der Waals surface area (Å²) in [4.78, 5) is 17.1. The van der Waals surface area contributed by atoms with E-state index >= 15 is 0 Å². The van der Waals surface area contributed by atoms with E-state index in [1.54, 1.807) is 6.07 Å². The van der Waals surface area contributed by atoms with Crippen molar-refractivity contribution in [3.63, 3.8) is 0 Å². The van der Waals surface area contributed by atoms with Gasteiger partial charge in [-0.25, -0.2) is 4.39 Å². The Bertz CT molecular complexity index is 531. The van der Waals surface area contributed by atoms with Gasteiger partial charge in [0.1, 0.15) is 5.82 Å². The lowest BCUT2D eigenvalue weighted by atomic mass is 10.0. The standard InChI is InChI=1S/C16H20BrFN2O/c17-15-10-12(18)5-6-14(15)16(21)20-9-3-4-13(11-20)19-7-1-2-8-19/h5-6,10,13H,1-4,7-9,11H2. The molecule has 2 saturated heterocycles. The molecule has 1 atom stereocenters. The maximum absolute atomic E-state index is 13.2. The molecule has 2 aliphatic rings. The maximum Gasteiger partial charge on any atom is 0.255 e. The molecule has 0 radical (unpaired) electrons. The Morgan fingerprint density at radius 3 is 2.67 bits per heavy atom. The third-order valence-electron chi connectivity index (χ3n) is 4.50. The number of hydrogen-bond acceptors (Lipinski definition) is 2. The highest BCUT2D eigenvalue weighted by Crippen LogP contribution is 2.24. The van der Waals surface area contributed by atoms with Gasteiger partial charge in [-0.05, 0) is 72.9 Å². The number of hydrogen-bond donors (Lipinski definition) is 0. The summed E-state index contributed by atoms with van der Waals surface area (Å²) in [6, 6.07) is 4.76. The lowest BCUT2D eigenvalue weighted by Gasteiger charge is -2.37. The number of amides is 1. The molecule has 0 N–H and O–H groups in total. The predicted molar refractivity (Wildman–Crippen MR) is 83.8 cm³/mol. The van der Waals surface area contributed by atoms with E-state index in [-0.39, 0.29) is 11.7 Å². The van der Waals surface area contributed by atoms with Crippen LogP contribution >= 0.6 is 15.9 Å². The van der Waals surface area contributed by atoms with E-state index in [2.05, 4.69) is 20.8 Å². The van der Waals surface area contributed by atoms with Gasteiger partial charge < -0.3 is 4.90 Å². The van der Waals surface area contributed by atoms with Crippen LogP contribution in [0.1, 0.15) is 36.0 Å². The van der Waals surface area contributed by atoms with Gasteiger partial charge in [-0.3, -0.25) is 9.69 Å². The number of halogens is 2. The van der Waals surface area contributed by atoms with Crippen molar-refractivity contribution < 1.29 is 9.18 Å². The van der Waals surface area contributed by atoms with Crippen molar-refractivity contribution >= 4 is 21.8 Å². The number of piperidine rings is 1. The Labute approximate surface area is 133 Å². The molecule has 2 heterocycles. The Balaban J connectivity index is 1.71. The SMILES string of the molecule is O=C(c1ccc(F)cc1Br)N1CCCC(N2CCCC2)C1. The summed E-state index contributed by atoms with van der Waals surface area (Å²) in [6.45, 7) is 3.91. The topological polar surface area (TPSA) is 23.6 Å². The number of benzene rings is 1. The number of carbonyl (C=O) groups excluding carboxylic acids is 1. The van der Waals surface area contributed by atoms with E-state index in [0.29, 0.717) is 16.1 Å². The van der Waals surface area contributed by atoms with E-state index in [1.807, 2.05) is 4.90 Å². The molecule has 1 aromatic carbocycles. The fourth-order valence-corrected chi connectivity index (χ4v) is 3.90. The van der Waals surface area contributed by atoms with Gasteiger partial charge >= 0.3 is 0 Å². The van der Waals surface area contributed by atoms with E-state index in [4.69, 9.17) is 0 Å². The first kappa shape index (κ1) is 15.0. The molecule has 3 rings (SSSR count). The first-order valence-corrected chi connectivity index (χ1v) is 8.43. The Morgan fingerprint density at radius 2 is 1.95 bits per heavy atom. The molecule has 21 heavy (non-hydrogen) atoms. The van der Waals surface area contributed by atoms with Crippen molar-refractivity contribution in [3.8, 4) is 0 Å². The molecule has 5 heteroatoms. The molecule has 0 aliphatic carbocycles. The van der Waals surface area contributed by atoms with E-state index in [0.717, 1.165) is 32.6 Å². The third-order valence-corrected chi connectivity index (χ3v) is 5.16. The Hall–Kier alpha value is -0.940. The van der Waals surface area contributed by atoms with E-state index in [9.17, 15) is 9.18 Å². The van der Waals surface area contributed by atoms with Crippen molar-refractivity contribution in [1.29, 1.82) is 0 Å². The minimum atomic E-state index is -0.327. The van der Waals surface area contributed by atoms with E-state index < -0.39 is 0 Å². The van der Waals surface area contributed by atoms with Gasteiger partial charge in [0.15, 0.2) is 0 Å². The summed E-state index contributed by atoms with van der Waals surface area (Å²) in [5, 5.41) is 0. The third kappa shape index (κ3) is 3.29. The smallest absolute Gasteiger partial charge is 0.255 e. The van der Waals surface area contributed by atoms with Gasteiger partial charge in [0, 0.05) is 23.6 Å². The fourth-order valence-electron chi connectivity index (χ4n) is 3.38. The molecule has 2 fully saturated rings. The van der Waals surface area contributed by atoms with Crippen molar-refractivity contribution in [1.82, 2.24) is 9.80 Å². The van der Waals surface area contributed by atoms with Crippen LogP contribution in [-0.2, 0) is 0 Å². The van der Waals surface area contributed by atoms with Crippen LogP contribution in [0.2, 0.25) is 0 Å². The summed E-state index contributed by atoms with van der Waals surface area (Å²) in [7, 11) is 0. The zero-order chi connectivity index (χ0) is 14.8. The second kappa shape index (κ2) is 6.44. The van der Waals surface area contributed by atoms with Crippen LogP contribution in [0.4, 0.5) is 4.39 Å². The fraction of sp³-hybridized carbons (Fsp3) is 0.562. The maximum atomic E-state index is 13.2. The summed E-state index contributed by atoms with van der Waals surface area (Å²) in [5.41, 5.74) is 0.554. The second-order valence-corrected chi connectivity index (χ2v) is 6.77. The Kier molecular flexibility index (Phi) is 4.60. The molecule has 114 valence electrons. The average Bonchev–Trinajstić information content (AvgIpc) is 3.01. The highest BCUT2D eigenvalue weighted by Gasteiger charge is 2.30. The average molecular weight is 355 g/mol. The molecule has 3 nitrogen and oxygen atoms in total. The van der Waals surface area contributed by atoms with Crippen molar-refractivity contribution in [2.24, 2.45) is 0 Å². The largest absolute Gasteiger partial charge is 0.337 e. The highest BCUT2D eigenvalue weighted by molar-refractivity contribution is 9.10. The normalized spacial score (nSPS) is 23.5. The molecule has 0 spiro atoms. The summed E-state index contributed by atoms with van der Waals surface area (Å²) < 4.78 is 13.7. The van der Waals surface area contributed by atoms with Gasteiger partial charge in [-0.2, -0.15) is 0 Å². The van der Waals surface area contributed by atoms with Crippen LogP contribution in [0.25, 0.3) is 0 Å². The van der Waals surface area contributed by atoms with Gasteiger partial charge in [0.2, 0.25) is 0 Å². The lowest BCUT2D eigenvalue weighted by molar-refractivity contribution is 0.0607. The van der Waals surface area contributed by atoms with Gasteiger partial charge in [-0.15, -0.1) is 0 Å². The zero-order valence-electron chi connectivity index (χ0n) is 12.0. The molecule has 1 amide bonds. The molecular weight excluding hydrogens is 335 g/mol. The van der Waals surface area contributed by atoms with Crippen LogP contribution in [0.3, 0.4) is 0 Å². The first-order chi connectivity index (χ1) is 10.1. The highest BCUT2D eigenvalue weighted by atomic mass is 79.9. The minimum absolute atomic E-state index is 0.00534. The quantitative estimate of drug-likeness (QED) is 0.813. The molecule has 0 saturated carbocycles.